The summed E-state index contributed by atoms with van der Waals surface area (Å²) >= 11 is 12.2. The summed E-state index contributed by atoms with van der Waals surface area (Å²) in [5.41, 5.74) is 0.897. The van der Waals surface area contributed by atoms with E-state index < -0.39 is 10.0 Å². The molecule has 21 heavy (non-hydrogen) atoms. The van der Waals surface area contributed by atoms with Crippen molar-refractivity contribution in [3.8, 4) is 0 Å². The highest BCUT2D eigenvalue weighted by Crippen LogP contribution is 2.31. The van der Waals surface area contributed by atoms with Gasteiger partial charge in [0.1, 0.15) is 4.90 Å². The molecule has 0 bridgehead atoms. The fraction of sp³-hybridized carbons (Fsp3) is 0.250. The van der Waals surface area contributed by atoms with Crippen molar-refractivity contribution in [2.45, 2.75) is 11.4 Å². The molecule has 0 saturated heterocycles. The van der Waals surface area contributed by atoms with Gasteiger partial charge in [0.25, 0.3) is 10.0 Å². The molecule has 0 fully saturated rings. The maximum Gasteiger partial charge on any atom is 0.263 e. The Morgan fingerprint density at radius 1 is 1.33 bits per heavy atom. The van der Waals surface area contributed by atoms with Gasteiger partial charge in [-0.15, -0.1) is 0 Å². The second-order valence-electron chi connectivity index (χ2n) is 4.38. The van der Waals surface area contributed by atoms with Gasteiger partial charge in [-0.1, -0.05) is 23.2 Å². The largest absolute Gasteiger partial charge is 0.316 e. The van der Waals surface area contributed by atoms with Crippen LogP contribution in [0.1, 0.15) is 5.56 Å². The average molecular weight is 349 g/mol. The monoisotopic (exact) mass is 348 g/mol. The number of hydrogen-bond acceptors (Lipinski definition) is 4. The van der Waals surface area contributed by atoms with E-state index in [1.165, 1.54) is 23.0 Å². The topological polar surface area (TPSA) is 76.0 Å². The van der Waals surface area contributed by atoms with Crippen molar-refractivity contribution in [2.24, 2.45) is 7.05 Å². The molecule has 1 aromatic heterocycles. The summed E-state index contributed by atoms with van der Waals surface area (Å²) in [7, 11) is -0.393. The minimum absolute atomic E-state index is 0.0253. The van der Waals surface area contributed by atoms with Crippen LogP contribution in [0.25, 0.3) is 0 Å². The summed E-state index contributed by atoms with van der Waals surface area (Å²) in [6.45, 7) is 0.369. The molecule has 0 unspecified atom stereocenters. The van der Waals surface area contributed by atoms with E-state index in [1.54, 1.807) is 20.3 Å². The lowest BCUT2D eigenvalue weighted by atomic mass is 10.2. The number of aromatic nitrogens is 2. The Labute approximate surface area is 133 Å². The maximum absolute atomic E-state index is 12.4. The predicted molar refractivity (Wildman–Crippen MR) is 83.2 cm³/mol. The van der Waals surface area contributed by atoms with Crippen LogP contribution < -0.4 is 10.0 Å². The van der Waals surface area contributed by atoms with Crippen molar-refractivity contribution in [3.63, 3.8) is 0 Å². The van der Waals surface area contributed by atoms with E-state index in [1.807, 2.05) is 0 Å². The first kappa shape index (κ1) is 16.1. The summed E-state index contributed by atoms with van der Waals surface area (Å²) in [4.78, 5) is -0.0253. The van der Waals surface area contributed by atoms with Crippen molar-refractivity contribution >= 4 is 38.9 Å². The minimum atomic E-state index is -3.81. The highest BCUT2D eigenvalue weighted by atomic mass is 35.5. The first-order chi connectivity index (χ1) is 9.85. The molecule has 0 aliphatic carbocycles. The van der Waals surface area contributed by atoms with Crippen molar-refractivity contribution in [1.82, 2.24) is 15.1 Å². The van der Waals surface area contributed by atoms with Gasteiger partial charge < -0.3 is 5.32 Å². The van der Waals surface area contributed by atoms with Crippen LogP contribution in [0.15, 0.2) is 29.4 Å². The number of hydrogen-bond donors (Lipinski definition) is 2. The molecule has 2 N–H and O–H groups in total. The molecule has 1 aromatic carbocycles. The van der Waals surface area contributed by atoms with Gasteiger partial charge in [-0.25, -0.2) is 8.42 Å². The first-order valence-electron chi connectivity index (χ1n) is 5.98. The van der Waals surface area contributed by atoms with Gasteiger partial charge in [0.15, 0.2) is 0 Å². The lowest BCUT2D eigenvalue weighted by Gasteiger charge is -2.12. The number of anilines is 1. The number of nitrogens with one attached hydrogen (secondary N) is 2. The Kier molecular flexibility index (Phi) is 4.77. The molecule has 114 valence electrons. The molecule has 0 spiro atoms. The number of aryl methyl sites for hydroxylation is 1. The van der Waals surface area contributed by atoms with Crippen molar-refractivity contribution in [3.05, 3.63) is 40.1 Å². The van der Waals surface area contributed by atoms with Gasteiger partial charge in [-0.2, -0.15) is 5.10 Å². The van der Waals surface area contributed by atoms with E-state index in [9.17, 15) is 8.42 Å². The van der Waals surface area contributed by atoms with Crippen LogP contribution in [0, 0.1) is 0 Å². The molecular weight excluding hydrogens is 335 g/mol. The van der Waals surface area contributed by atoms with Crippen molar-refractivity contribution < 1.29 is 8.42 Å². The zero-order chi connectivity index (χ0) is 15.6. The van der Waals surface area contributed by atoms with Gasteiger partial charge in [0, 0.05) is 30.4 Å². The number of nitrogens with zero attached hydrogens (tertiary/aromatic N) is 2. The molecule has 6 nitrogen and oxygen atoms in total. The van der Waals surface area contributed by atoms with Gasteiger partial charge in [-0.05, 0) is 19.2 Å². The molecule has 0 aliphatic rings. The van der Waals surface area contributed by atoms with E-state index >= 15 is 0 Å². The minimum Gasteiger partial charge on any atom is -0.316 e. The molecule has 2 rings (SSSR count). The van der Waals surface area contributed by atoms with Gasteiger partial charge in [0.2, 0.25) is 0 Å². The van der Waals surface area contributed by atoms with E-state index in [-0.39, 0.29) is 9.92 Å². The van der Waals surface area contributed by atoms with E-state index in [0.717, 1.165) is 0 Å². The number of benzene rings is 1. The highest BCUT2D eigenvalue weighted by Gasteiger charge is 2.22. The fourth-order valence-electron chi connectivity index (χ4n) is 1.81. The Bertz CT molecular complexity index is 759. The summed E-state index contributed by atoms with van der Waals surface area (Å²) in [6.07, 6.45) is 2.96. The van der Waals surface area contributed by atoms with Crippen LogP contribution in [0.5, 0.6) is 0 Å². The zero-order valence-corrected chi connectivity index (χ0v) is 13.7. The molecule has 0 saturated carbocycles. The third-order valence-electron chi connectivity index (χ3n) is 2.75. The second-order valence-corrected chi connectivity index (χ2v) is 6.81. The van der Waals surface area contributed by atoms with Crippen LogP contribution in [0.4, 0.5) is 5.69 Å². The van der Waals surface area contributed by atoms with Crippen LogP contribution in [-0.2, 0) is 23.6 Å². The summed E-state index contributed by atoms with van der Waals surface area (Å²) in [6, 6.07) is 2.89. The smallest absolute Gasteiger partial charge is 0.263 e. The molecular formula is C12H14Cl2N4O2S. The second kappa shape index (κ2) is 6.23. The number of halogens is 2. The molecule has 0 atom stereocenters. The summed E-state index contributed by atoms with van der Waals surface area (Å²) < 4.78 is 28.7. The third kappa shape index (κ3) is 3.49. The Morgan fingerprint density at radius 3 is 2.62 bits per heavy atom. The quantitative estimate of drug-likeness (QED) is 0.868. The third-order valence-corrected chi connectivity index (χ3v) is 5.07. The molecule has 0 radical (unpaired) electrons. The lowest BCUT2D eigenvalue weighted by Crippen LogP contribution is -2.15. The summed E-state index contributed by atoms with van der Waals surface area (Å²) in [5.74, 6) is 0. The van der Waals surface area contributed by atoms with Crippen LogP contribution in [0.3, 0.4) is 0 Å². The van der Waals surface area contributed by atoms with Gasteiger partial charge >= 0.3 is 0 Å². The van der Waals surface area contributed by atoms with Crippen molar-refractivity contribution in [1.29, 1.82) is 0 Å². The van der Waals surface area contributed by atoms with Gasteiger partial charge in [0.05, 0.1) is 16.9 Å². The van der Waals surface area contributed by atoms with Crippen LogP contribution in [0.2, 0.25) is 10.0 Å². The average Bonchev–Trinajstić information content (AvgIpc) is 2.78. The Balaban J connectivity index is 2.42. The summed E-state index contributed by atoms with van der Waals surface area (Å²) in [5, 5.41) is 7.32. The molecule has 9 heteroatoms. The maximum atomic E-state index is 12.4. The molecule has 1 heterocycles. The Hall–Kier alpha value is -1.28. The van der Waals surface area contributed by atoms with E-state index in [2.05, 4.69) is 15.1 Å². The SMILES string of the molecule is CNCc1c(Cl)ccc(S(=O)(=O)Nc2cnn(C)c2)c1Cl. The van der Waals surface area contributed by atoms with E-state index in [0.29, 0.717) is 22.8 Å². The van der Waals surface area contributed by atoms with Crippen LogP contribution >= 0.6 is 23.2 Å². The number of sulfonamides is 1. The zero-order valence-electron chi connectivity index (χ0n) is 11.4. The lowest BCUT2D eigenvalue weighted by molar-refractivity contribution is 0.601. The van der Waals surface area contributed by atoms with Crippen LogP contribution in [-0.4, -0.2) is 25.2 Å². The van der Waals surface area contributed by atoms with Gasteiger partial charge in [-0.3, -0.25) is 9.40 Å². The number of rotatable bonds is 5. The predicted octanol–water partition coefficient (Wildman–Crippen LogP) is 2.25. The standard InChI is InChI=1S/C12H14Cl2N4O2S/c1-15-6-9-10(13)3-4-11(12(9)14)21(19,20)17-8-5-16-18(2)7-8/h3-5,7,15,17H,6H2,1-2H3. The highest BCUT2D eigenvalue weighted by molar-refractivity contribution is 7.92. The molecule has 0 aliphatic heterocycles. The molecule has 0 amide bonds. The van der Waals surface area contributed by atoms with E-state index in [4.69, 9.17) is 23.2 Å². The molecule has 2 aromatic rings. The first-order valence-corrected chi connectivity index (χ1v) is 8.22. The van der Waals surface area contributed by atoms with Crippen molar-refractivity contribution in [2.75, 3.05) is 11.8 Å². The fourth-order valence-corrected chi connectivity index (χ4v) is 3.75. The normalized spacial score (nSPS) is 11.6. The Morgan fingerprint density at radius 2 is 2.05 bits per heavy atom.